The second-order valence-electron chi connectivity index (χ2n) is 5.93. The zero-order chi connectivity index (χ0) is 14.5. The van der Waals surface area contributed by atoms with E-state index in [9.17, 15) is 4.79 Å². The normalized spacial score (nSPS) is 23.6. The molecule has 110 valence electrons. The second-order valence-corrected chi connectivity index (χ2v) is 5.93. The van der Waals surface area contributed by atoms with Crippen LogP contribution in [-0.4, -0.2) is 12.6 Å². The minimum Gasteiger partial charge on any atom is -0.466 e. The van der Waals surface area contributed by atoms with Gasteiger partial charge >= 0.3 is 5.97 Å². The van der Waals surface area contributed by atoms with Crippen molar-refractivity contribution in [3.05, 3.63) is 35.4 Å². The maximum Gasteiger partial charge on any atom is 0.308 e. The van der Waals surface area contributed by atoms with E-state index >= 15 is 0 Å². The predicted molar refractivity (Wildman–Crippen MR) is 81.9 cm³/mol. The largest absolute Gasteiger partial charge is 0.466 e. The van der Waals surface area contributed by atoms with Gasteiger partial charge in [-0.15, -0.1) is 0 Å². The third-order valence-corrected chi connectivity index (χ3v) is 4.64. The van der Waals surface area contributed by atoms with Crippen molar-refractivity contribution in [1.29, 1.82) is 0 Å². The standard InChI is InChI=1S/C18H26O2/c1-4-13(3)14-6-8-15(9-7-14)16-10-11-17(12-16)18(19)20-5-2/h6-9,13,16-17H,4-5,10-12H2,1-3H3. The van der Waals surface area contributed by atoms with Crippen LogP contribution >= 0.6 is 0 Å². The molecule has 2 nitrogen and oxygen atoms in total. The van der Waals surface area contributed by atoms with Crippen molar-refractivity contribution in [2.45, 2.75) is 58.3 Å². The molecule has 1 aromatic carbocycles. The topological polar surface area (TPSA) is 26.3 Å². The van der Waals surface area contributed by atoms with Gasteiger partial charge in [0.2, 0.25) is 0 Å². The van der Waals surface area contributed by atoms with Crippen LogP contribution in [0.3, 0.4) is 0 Å². The van der Waals surface area contributed by atoms with Crippen LogP contribution in [0.15, 0.2) is 24.3 Å². The summed E-state index contributed by atoms with van der Waals surface area (Å²) in [6.07, 6.45) is 4.19. The van der Waals surface area contributed by atoms with E-state index in [1.165, 1.54) is 17.5 Å². The van der Waals surface area contributed by atoms with Gasteiger partial charge < -0.3 is 4.74 Å². The van der Waals surface area contributed by atoms with E-state index in [1.54, 1.807) is 0 Å². The maximum atomic E-state index is 11.8. The van der Waals surface area contributed by atoms with E-state index in [0.29, 0.717) is 18.4 Å². The summed E-state index contributed by atoms with van der Waals surface area (Å²) < 4.78 is 5.14. The summed E-state index contributed by atoms with van der Waals surface area (Å²) in [7, 11) is 0. The van der Waals surface area contributed by atoms with Crippen LogP contribution in [0.4, 0.5) is 0 Å². The molecule has 3 atom stereocenters. The molecule has 0 N–H and O–H groups in total. The number of hydrogen-bond donors (Lipinski definition) is 0. The Kier molecular flexibility index (Phi) is 5.22. The quantitative estimate of drug-likeness (QED) is 0.731. The SMILES string of the molecule is CCOC(=O)C1CCC(c2ccc(C(C)CC)cc2)C1. The summed E-state index contributed by atoms with van der Waals surface area (Å²) >= 11 is 0. The first-order valence-electron chi connectivity index (χ1n) is 7.92. The highest BCUT2D eigenvalue weighted by atomic mass is 16.5. The average Bonchev–Trinajstić information content (AvgIpc) is 2.97. The average molecular weight is 274 g/mol. The van der Waals surface area contributed by atoms with Crippen LogP contribution in [0.25, 0.3) is 0 Å². The van der Waals surface area contributed by atoms with Crippen molar-refractivity contribution in [3.8, 4) is 0 Å². The van der Waals surface area contributed by atoms with Gasteiger partial charge in [-0.25, -0.2) is 0 Å². The van der Waals surface area contributed by atoms with Gasteiger partial charge in [0, 0.05) is 0 Å². The third kappa shape index (κ3) is 3.41. The van der Waals surface area contributed by atoms with Crippen molar-refractivity contribution in [1.82, 2.24) is 0 Å². The summed E-state index contributed by atoms with van der Waals surface area (Å²) in [6.45, 7) is 6.85. The Morgan fingerprint density at radius 1 is 1.25 bits per heavy atom. The molecule has 3 unspecified atom stereocenters. The lowest BCUT2D eigenvalue weighted by atomic mass is 9.92. The zero-order valence-electron chi connectivity index (χ0n) is 12.9. The highest BCUT2D eigenvalue weighted by molar-refractivity contribution is 5.73. The van der Waals surface area contributed by atoms with E-state index in [2.05, 4.69) is 38.1 Å². The van der Waals surface area contributed by atoms with E-state index in [1.807, 2.05) is 6.92 Å². The van der Waals surface area contributed by atoms with Crippen LogP contribution in [0.5, 0.6) is 0 Å². The minimum absolute atomic E-state index is 0.00812. The summed E-state index contributed by atoms with van der Waals surface area (Å²) in [5.74, 6) is 1.25. The zero-order valence-corrected chi connectivity index (χ0v) is 12.9. The molecule has 0 spiro atoms. The monoisotopic (exact) mass is 274 g/mol. The number of ether oxygens (including phenoxy) is 1. The molecule has 0 radical (unpaired) electrons. The maximum absolute atomic E-state index is 11.8. The minimum atomic E-state index is -0.00812. The Morgan fingerprint density at radius 2 is 1.95 bits per heavy atom. The van der Waals surface area contributed by atoms with Gasteiger partial charge in [-0.3, -0.25) is 4.79 Å². The van der Waals surface area contributed by atoms with Gasteiger partial charge in [0.15, 0.2) is 0 Å². The molecule has 0 aromatic heterocycles. The highest BCUT2D eigenvalue weighted by Crippen LogP contribution is 2.39. The first-order valence-corrected chi connectivity index (χ1v) is 7.92. The molecule has 1 aromatic rings. The molecule has 1 aliphatic carbocycles. The third-order valence-electron chi connectivity index (χ3n) is 4.64. The molecule has 0 amide bonds. The molecule has 0 bridgehead atoms. The predicted octanol–water partition coefficient (Wildman–Crippen LogP) is 4.65. The van der Waals surface area contributed by atoms with E-state index < -0.39 is 0 Å². The van der Waals surface area contributed by atoms with Gasteiger partial charge in [-0.2, -0.15) is 0 Å². The van der Waals surface area contributed by atoms with Gasteiger partial charge in [0.05, 0.1) is 12.5 Å². The van der Waals surface area contributed by atoms with Crippen molar-refractivity contribution in [2.24, 2.45) is 5.92 Å². The van der Waals surface area contributed by atoms with Gasteiger partial charge in [0.1, 0.15) is 0 Å². The van der Waals surface area contributed by atoms with Crippen LogP contribution in [-0.2, 0) is 9.53 Å². The van der Waals surface area contributed by atoms with Gasteiger partial charge in [0.25, 0.3) is 0 Å². The highest BCUT2D eigenvalue weighted by Gasteiger charge is 2.31. The molecule has 2 rings (SSSR count). The Hall–Kier alpha value is -1.31. The van der Waals surface area contributed by atoms with Crippen molar-refractivity contribution in [2.75, 3.05) is 6.61 Å². The number of carbonyl (C=O) groups is 1. The summed E-state index contributed by atoms with van der Waals surface area (Å²) in [5, 5.41) is 0. The fraction of sp³-hybridized carbons (Fsp3) is 0.611. The van der Waals surface area contributed by atoms with Gasteiger partial charge in [-0.05, 0) is 55.6 Å². The molecular formula is C18H26O2. The number of rotatable bonds is 5. The fourth-order valence-corrected chi connectivity index (χ4v) is 3.09. The summed E-state index contributed by atoms with van der Waals surface area (Å²) in [4.78, 5) is 11.8. The molecule has 1 saturated carbocycles. The first-order chi connectivity index (χ1) is 9.65. The molecule has 20 heavy (non-hydrogen) atoms. The van der Waals surface area contributed by atoms with Crippen LogP contribution in [0.2, 0.25) is 0 Å². The Labute approximate surface area is 122 Å². The summed E-state index contributed by atoms with van der Waals surface area (Å²) in [6, 6.07) is 9.00. The fourth-order valence-electron chi connectivity index (χ4n) is 3.09. The van der Waals surface area contributed by atoms with Crippen molar-refractivity contribution >= 4 is 5.97 Å². The lowest BCUT2D eigenvalue weighted by Gasteiger charge is -2.14. The molecular weight excluding hydrogens is 248 g/mol. The Balaban J connectivity index is 1.98. The van der Waals surface area contributed by atoms with E-state index in [0.717, 1.165) is 19.3 Å². The lowest BCUT2D eigenvalue weighted by Crippen LogP contribution is -2.14. The molecule has 1 aliphatic rings. The number of benzene rings is 1. The Bertz CT molecular complexity index is 435. The smallest absolute Gasteiger partial charge is 0.308 e. The van der Waals surface area contributed by atoms with Crippen LogP contribution < -0.4 is 0 Å². The van der Waals surface area contributed by atoms with Crippen LogP contribution in [0.1, 0.15) is 69.4 Å². The number of hydrogen-bond acceptors (Lipinski definition) is 2. The second kappa shape index (κ2) is 6.92. The molecule has 1 fully saturated rings. The molecule has 0 heterocycles. The summed E-state index contributed by atoms with van der Waals surface area (Å²) in [5.41, 5.74) is 2.79. The first kappa shape index (κ1) is 15.1. The molecule has 0 saturated heterocycles. The van der Waals surface area contributed by atoms with Crippen LogP contribution in [0, 0.1) is 5.92 Å². The van der Waals surface area contributed by atoms with Crippen molar-refractivity contribution in [3.63, 3.8) is 0 Å². The van der Waals surface area contributed by atoms with Gasteiger partial charge in [-0.1, -0.05) is 38.1 Å². The number of carbonyl (C=O) groups excluding carboxylic acids is 1. The van der Waals surface area contributed by atoms with Crippen molar-refractivity contribution < 1.29 is 9.53 Å². The molecule has 2 heteroatoms. The van der Waals surface area contributed by atoms with E-state index in [-0.39, 0.29) is 11.9 Å². The number of esters is 1. The van der Waals surface area contributed by atoms with E-state index in [4.69, 9.17) is 4.74 Å². The molecule has 0 aliphatic heterocycles. The Morgan fingerprint density at radius 3 is 2.55 bits per heavy atom. The lowest BCUT2D eigenvalue weighted by molar-refractivity contribution is -0.147.